The number of hydrogen-bond acceptors (Lipinski definition) is 3. The largest absolute Gasteiger partial charge is 0.388 e. The van der Waals surface area contributed by atoms with Gasteiger partial charge in [-0.25, -0.2) is 8.42 Å². The summed E-state index contributed by atoms with van der Waals surface area (Å²) < 4.78 is 27.0. The van der Waals surface area contributed by atoms with Crippen molar-refractivity contribution in [3.8, 4) is 0 Å². The van der Waals surface area contributed by atoms with E-state index in [1.807, 2.05) is 13.8 Å². The van der Waals surface area contributed by atoms with E-state index in [-0.39, 0.29) is 10.9 Å². The van der Waals surface area contributed by atoms with E-state index in [9.17, 15) is 13.5 Å². The van der Waals surface area contributed by atoms with Crippen LogP contribution >= 0.6 is 0 Å². The summed E-state index contributed by atoms with van der Waals surface area (Å²) in [6.07, 6.45) is 0.858. The van der Waals surface area contributed by atoms with Crippen LogP contribution in [-0.2, 0) is 10.0 Å². The number of rotatable bonds is 4. The Hall–Kier alpha value is -0.910. The molecule has 0 radical (unpaired) electrons. The van der Waals surface area contributed by atoms with E-state index in [4.69, 9.17) is 0 Å². The normalized spacial score (nSPS) is 25.8. The lowest BCUT2D eigenvalue weighted by Gasteiger charge is -2.21. The molecule has 4 nitrogen and oxygen atoms in total. The first-order chi connectivity index (χ1) is 9.36. The van der Waals surface area contributed by atoms with Gasteiger partial charge in [-0.3, -0.25) is 0 Å². The fourth-order valence-corrected chi connectivity index (χ4v) is 4.67. The maximum absolute atomic E-state index is 12.7. The minimum atomic E-state index is -3.46. The molecule has 1 heterocycles. The monoisotopic (exact) mass is 297 g/mol. The highest BCUT2D eigenvalue weighted by Crippen LogP contribution is 2.30. The lowest BCUT2D eigenvalue weighted by Crippen LogP contribution is -2.34. The average molecular weight is 297 g/mol. The minimum absolute atomic E-state index is 0.0368. The van der Waals surface area contributed by atoms with Crippen molar-refractivity contribution in [2.45, 2.75) is 50.7 Å². The molecule has 0 bridgehead atoms. The number of benzene rings is 1. The summed E-state index contributed by atoms with van der Waals surface area (Å²) in [7, 11) is -3.46. The van der Waals surface area contributed by atoms with Crippen molar-refractivity contribution in [2.75, 3.05) is 6.54 Å². The zero-order valence-electron chi connectivity index (χ0n) is 12.3. The van der Waals surface area contributed by atoms with Gasteiger partial charge in [-0.05, 0) is 43.4 Å². The molecule has 0 amide bonds. The summed E-state index contributed by atoms with van der Waals surface area (Å²) in [5, 5.41) is 9.87. The van der Waals surface area contributed by atoms with Gasteiger partial charge in [0.1, 0.15) is 0 Å². The predicted octanol–water partition coefficient (Wildman–Crippen LogP) is 2.55. The summed E-state index contributed by atoms with van der Waals surface area (Å²) in [4.78, 5) is 0.281. The van der Waals surface area contributed by atoms with Crippen molar-refractivity contribution in [1.82, 2.24) is 4.31 Å². The van der Waals surface area contributed by atoms with Gasteiger partial charge in [-0.15, -0.1) is 0 Å². The van der Waals surface area contributed by atoms with Gasteiger partial charge >= 0.3 is 0 Å². The molecule has 1 saturated heterocycles. The molecule has 5 heteroatoms. The molecule has 1 N–H and O–H groups in total. The molecule has 112 valence electrons. The summed E-state index contributed by atoms with van der Waals surface area (Å²) in [6.45, 7) is 6.47. The van der Waals surface area contributed by atoms with E-state index >= 15 is 0 Å². The van der Waals surface area contributed by atoms with E-state index in [0.717, 1.165) is 6.42 Å². The van der Waals surface area contributed by atoms with E-state index in [2.05, 4.69) is 6.92 Å². The van der Waals surface area contributed by atoms with Crippen LogP contribution in [0.1, 0.15) is 45.3 Å². The summed E-state index contributed by atoms with van der Waals surface area (Å²) >= 11 is 0. The molecule has 20 heavy (non-hydrogen) atoms. The maximum Gasteiger partial charge on any atom is 0.243 e. The van der Waals surface area contributed by atoms with Crippen LogP contribution in [0.15, 0.2) is 29.2 Å². The molecule has 1 aromatic carbocycles. The van der Waals surface area contributed by atoms with Gasteiger partial charge in [0.05, 0.1) is 11.0 Å². The lowest BCUT2D eigenvalue weighted by atomic mass is 10.1. The molecule has 2 rings (SSSR count). The first-order valence-electron chi connectivity index (χ1n) is 7.16. The van der Waals surface area contributed by atoms with E-state index < -0.39 is 16.1 Å². The highest BCUT2D eigenvalue weighted by atomic mass is 32.2. The van der Waals surface area contributed by atoms with Gasteiger partial charge in [0.25, 0.3) is 0 Å². The van der Waals surface area contributed by atoms with Crippen molar-refractivity contribution in [3.63, 3.8) is 0 Å². The number of sulfonamides is 1. The van der Waals surface area contributed by atoms with E-state index in [1.54, 1.807) is 28.6 Å². The van der Waals surface area contributed by atoms with Crippen LogP contribution in [0.3, 0.4) is 0 Å². The molecule has 3 unspecified atom stereocenters. The molecule has 1 aliphatic rings. The van der Waals surface area contributed by atoms with Crippen LogP contribution in [0.2, 0.25) is 0 Å². The Morgan fingerprint density at radius 2 is 2.10 bits per heavy atom. The van der Waals surface area contributed by atoms with E-state index in [0.29, 0.717) is 24.4 Å². The van der Waals surface area contributed by atoms with Crippen LogP contribution in [0.5, 0.6) is 0 Å². The molecule has 0 saturated carbocycles. The van der Waals surface area contributed by atoms with Gasteiger partial charge in [0, 0.05) is 12.6 Å². The highest BCUT2D eigenvalue weighted by Gasteiger charge is 2.36. The standard InChI is InChI=1S/C15H23NO3S/c1-4-15(17)13-6-5-7-14(9-13)20(18,19)16-10-11(2)8-12(16)3/h5-7,9,11-12,15,17H,4,8,10H2,1-3H3. The average Bonchev–Trinajstić information content (AvgIpc) is 2.77. The molecule has 0 aliphatic carbocycles. The Morgan fingerprint density at radius 1 is 1.40 bits per heavy atom. The smallest absolute Gasteiger partial charge is 0.243 e. The molecule has 1 aliphatic heterocycles. The number of aliphatic hydroxyl groups is 1. The highest BCUT2D eigenvalue weighted by molar-refractivity contribution is 7.89. The number of aliphatic hydroxyl groups excluding tert-OH is 1. The van der Waals surface area contributed by atoms with Crippen molar-refractivity contribution in [2.24, 2.45) is 5.92 Å². The van der Waals surface area contributed by atoms with Crippen LogP contribution < -0.4 is 0 Å². The second kappa shape index (κ2) is 5.84. The lowest BCUT2D eigenvalue weighted by molar-refractivity contribution is 0.173. The fourth-order valence-electron chi connectivity index (χ4n) is 2.85. The molecular weight excluding hydrogens is 274 g/mol. The Balaban J connectivity index is 2.35. The van der Waals surface area contributed by atoms with Crippen LogP contribution in [0, 0.1) is 5.92 Å². The number of nitrogens with zero attached hydrogens (tertiary/aromatic N) is 1. The zero-order chi connectivity index (χ0) is 14.9. The second-order valence-corrected chi connectivity index (χ2v) is 7.65. The van der Waals surface area contributed by atoms with Gasteiger partial charge in [-0.1, -0.05) is 26.0 Å². The van der Waals surface area contributed by atoms with Gasteiger partial charge in [0.2, 0.25) is 10.0 Å². The third-order valence-corrected chi connectivity index (χ3v) is 5.94. The third kappa shape index (κ3) is 2.90. The summed E-state index contributed by atoms with van der Waals surface area (Å²) in [5.74, 6) is 0.393. The molecule has 0 aromatic heterocycles. The van der Waals surface area contributed by atoms with Crippen molar-refractivity contribution >= 4 is 10.0 Å². The van der Waals surface area contributed by atoms with Crippen LogP contribution in [-0.4, -0.2) is 30.4 Å². The summed E-state index contributed by atoms with van der Waals surface area (Å²) in [5.41, 5.74) is 0.661. The molecular formula is C15H23NO3S. The maximum atomic E-state index is 12.7. The van der Waals surface area contributed by atoms with Crippen molar-refractivity contribution in [1.29, 1.82) is 0 Å². The van der Waals surface area contributed by atoms with Gasteiger partial charge in [0.15, 0.2) is 0 Å². The Kier molecular flexibility index (Phi) is 4.52. The molecule has 0 spiro atoms. The first-order valence-corrected chi connectivity index (χ1v) is 8.60. The van der Waals surface area contributed by atoms with Gasteiger partial charge in [-0.2, -0.15) is 4.31 Å². The quantitative estimate of drug-likeness (QED) is 0.929. The molecule has 1 fully saturated rings. The molecule has 3 atom stereocenters. The SMILES string of the molecule is CCC(O)c1cccc(S(=O)(=O)N2CC(C)CC2C)c1. The third-order valence-electron chi connectivity index (χ3n) is 3.96. The zero-order valence-corrected chi connectivity index (χ0v) is 13.1. The summed E-state index contributed by atoms with van der Waals surface area (Å²) in [6, 6.07) is 6.71. The van der Waals surface area contributed by atoms with Crippen LogP contribution in [0.4, 0.5) is 0 Å². The number of hydrogen-bond donors (Lipinski definition) is 1. The molecule has 1 aromatic rings. The topological polar surface area (TPSA) is 57.6 Å². The Labute approximate surface area is 121 Å². The predicted molar refractivity (Wildman–Crippen MR) is 78.8 cm³/mol. The van der Waals surface area contributed by atoms with Crippen LogP contribution in [0.25, 0.3) is 0 Å². The Bertz CT molecular complexity index is 570. The second-order valence-electron chi connectivity index (χ2n) is 5.76. The van der Waals surface area contributed by atoms with Crippen molar-refractivity contribution < 1.29 is 13.5 Å². The van der Waals surface area contributed by atoms with Gasteiger partial charge < -0.3 is 5.11 Å². The van der Waals surface area contributed by atoms with E-state index in [1.165, 1.54) is 0 Å². The fraction of sp³-hybridized carbons (Fsp3) is 0.600. The minimum Gasteiger partial charge on any atom is -0.388 e. The van der Waals surface area contributed by atoms with Crippen molar-refractivity contribution in [3.05, 3.63) is 29.8 Å². The Morgan fingerprint density at radius 3 is 2.65 bits per heavy atom. The first kappa shape index (κ1) is 15.5.